The molecule has 0 saturated carbocycles. The average molecular weight is 471 g/mol. The molecule has 0 radical (unpaired) electrons. The quantitative estimate of drug-likeness (QED) is 0.438. The van der Waals surface area contributed by atoms with Gasteiger partial charge in [0.2, 0.25) is 0 Å². The zero-order chi connectivity index (χ0) is 24.4. The van der Waals surface area contributed by atoms with Crippen molar-refractivity contribution in [3.63, 3.8) is 0 Å². The van der Waals surface area contributed by atoms with E-state index in [1.165, 1.54) is 0 Å². The molecule has 1 N–H and O–H groups in total. The molecule has 0 aliphatic carbocycles. The van der Waals surface area contributed by atoms with E-state index in [-0.39, 0.29) is 6.09 Å². The van der Waals surface area contributed by atoms with Gasteiger partial charge in [-0.1, -0.05) is 6.58 Å². The van der Waals surface area contributed by atoms with Crippen molar-refractivity contribution in [2.75, 3.05) is 36.4 Å². The maximum absolute atomic E-state index is 12.3. The average Bonchev–Trinajstić information content (AvgIpc) is 3.27. The highest BCUT2D eigenvalue weighted by molar-refractivity contribution is 5.94. The molecule has 5 rings (SSSR count). The predicted octanol–water partition coefficient (Wildman–Crippen LogP) is 3.96. The van der Waals surface area contributed by atoms with E-state index in [0.29, 0.717) is 37.8 Å². The number of fused-ring (bicyclic) bond motifs is 1. The molecule has 0 bridgehead atoms. The van der Waals surface area contributed by atoms with E-state index in [0.717, 1.165) is 33.7 Å². The SMILES string of the molecule is C=C(C)OC(=O)N1CCN(c2nc(-c3ccnc(Nc4ccn(C)n4)c3)cc3cnccc23)CC1. The van der Waals surface area contributed by atoms with E-state index in [1.54, 1.807) is 28.9 Å². The molecule has 10 nitrogen and oxygen atoms in total. The number of pyridine rings is 3. The maximum Gasteiger partial charge on any atom is 0.414 e. The molecule has 35 heavy (non-hydrogen) atoms. The Balaban J connectivity index is 1.43. The Hall–Kier alpha value is -4.47. The molecule has 5 heterocycles. The molecule has 0 unspecified atom stereocenters. The summed E-state index contributed by atoms with van der Waals surface area (Å²) in [5.74, 6) is 2.65. The number of nitrogens with one attached hydrogen (secondary N) is 1. The van der Waals surface area contributed by atoms with Crippen molar-refractivity contribution >= 4 is 34.3 Å². The fourth-order valence-corrected chi connectivity index (χ4v) is 4.05. The van der Waals surface area contributed by atoms with Crippen LogP contribution in [-0.2, 0) is 11.8 Å². The standard InChI is InChI=1S/C25H26N8O2/c1-17(2)35-25(34)33-12-10-32(11-13-33)24-20-5-7-26-16-19(20)14-21(28-24)18-4-8-27-23(15-18)29-22-6-9-31(3)30-22/h4-9,14-16H,1,10-13H2,2-3H3,(H,27,29,30). The Labute approximate surface area is 202 Å². The van der Waals surface area contributed by atoms with Gasteiger partial charge in [0.1, 0.15) is 11.6 Å². The summed E-state index contributed by atoms with van der Waals surface area (Å²) in [6.07, 6.45) is 6.88. The first-order valence-electron chi connectivity index (χ1n) is 11.3. The highest BCUT2D eigenvalue weighted by Crippen LogP contribution is 2.31. The van der Waals surface area contributed by atoms with Crippen LogP contribution >= 0.6 is 0 Å². The highest BCUT2D eigenvalue weighted by Gasteiger charge is 2.24. The fraction of sp³-hybridized carbons (Fsp3) is 0.240. The molecule has 1 amide bonds. The van der Waals surface area contributed by atoms with Gasteiger partial charge in [-0.2, -0.15) is 5.10 Å². The molecule has 178 valence electrons. The number of ether oxygens (including phenoxy) is 1. The monoisotopic (exact) mass is 470 g/mol. The molecule has 4 aromatic rings. The number of amides is 1. The Morgan fingerprint density at radius 3 is 2.66 bits per heavy atom. The van der Waals surface area contributed by atoms with Crippen molar-refractivity contribution in [2.24, 2.45) is 7.05 Å². The number of aromatic nitrogens is 5. The lowest BCUT2D eigenvalue weighted by molar-refractivity contribution is 0.126. The van der Waals surface area contributed by atoms with Gasteiger partial charge in [-0.15, -0.1) is 0 Å². The number of hydrogen-bond acceptors (Lipinski definition) is 8. The molecular formula is C25H26N8O2. The molecule has 1 aliphatic heterocycles. The molecule has 1 saturated heterocycles. The predicted molar refractivity (Wildman–Crippen MR) is 134 cm³/mol. The number of rotatable bonds is 5. The van der Waals surface area contributed by atoms with Crippen molar-refractivity contribution in [1.29, 1.82) is 0 Å². The van der Waals surface area contributed by atoms with Gasteiger partial charge in [0.05, 0.1) is 11.5 Å². The van der Waals surface area contributed by atoms with Crippen LogP contribution in [0.1, 0.15) is 6.92 Å². The number of nitrogens with zero attached hydrogens (tertiary/aromatic N) is 7. The summed E-state index contributed by atoms with van der Waals surface area (Å²) in [6, 6.07) is 9.78. The molecule has 4 aromatic heterocycles. The molecule has 0 spiro atoms. The van der Waals surface area contributed by atoms with Crippen LogP contribution in [0.3, 0.4) is 0 Å². The fourth-order valence-electron chi connectivity index (χ4n) is 4.05. The van der Waals surface area contributed by atoms with Crippen LogP contribution < -0.4 is 10.2 Å². The van der Waals surface area contributed by atoms with Crippen LogP contribution in [0.15, 0.2) is 67.5 Å². The van der Waals surface area contributed by atoms with Gasteiger partial charge in [-0.05, 0) is 31.2 Å². The van der Waals surface area contributed by atoms with Gasteiger partial charge in [0, 0.05) is 80.4 Å². The van der Waals surface area contributed by atoms with Crippen LogP contribution in [0.25, 0.3) is 22.0 Å². The van der Waals surface area contributed by atoms with Gasteiger partial charge in [0.15, 0.2) is 5.82 Å². The molecule has 1 aliphatic rings. The van der Waals surface area contributed by atoms with Crippen LogP contribution in [0.4, 0.5) is 22.2 Å². The van der Waals surface area contributed by atoms with E-state index in [9.17, 15) is 4.79 Å². The molecule has 10 heteroatoms. The van der Waals surface area contributed by atoms with E-state index in [4.69, 9.17) is 9.72 Å². The van der Waals surface area contributed by atoms with Crippen molar-refractivity contribution in [3.8, 4) is 11.3 Å². The third-order valence-electron chi connectivity index (χ3n) is 5.74. The second-order valence-electron chi connectivity index (χ2n) is 8.40. The number of allylic oxidation sites excluding steroid dienone is 1. The zero-order valence-corrected chi connectivity index (χ0v) is 19.7. The summed E-state index contributed by atoms with van der Waals surface area (Å²) < 4.78 is 6.90. The number of hydrogen-bond donors (Lipinski definition) is 1. The third kappa shape index (κ3) is 4.91. The minimum Gasteiger partial charge on any atom is -0.416 e. The van der Waals surface area contributed by atoms with Gasteiger partial charge in [-0.25, -0.2) is 14.8 Å². The smallest absolute Gasteiger partial charge is 0.414 e. The lowest BCUT2D eigenvalue weighted by atomic mass is 10.1. The number of carbonyl (C=O) groups excluding carboxylic acids is 1. The lowest BCUT2D eigenvalue weighted by Gasteiger charge is -2.35. The molecule has 0 atom stereocenters. The van der Waals surface area contributed by atoms with E-state index < -0.39 is 0 Å². The van der Waals surface area contributed by atoms with Crippen molar-refractivity contribution in [2.45, 2.75) is 6.92 Å². The van der Waals surface area contributed by atoms with Crippen LogP contribution in [-0.4, -0.2) is 61.9 Å². The second-order valence-corrected chi connectivity index (χ2v) is 8.40. The first kappa shape index (κ1) is 22.3. The Morgan fingerprint density at radius 1 is 1.09 bits per heavy atom. The van der Waals surface area contributed by atoms with Gasteiger partial charge in [0.25, 0.3) is 0 Å². The molecular weight excluding hydrogens is 444 g/mol. The minimum absolute atomic E-state index is 0.363. The minimum atomic E-state index is -0.363. The summed E-state index contributed by atoms with van der Waals surface area (Å²) >= 11 is 0. The Morgan fingerprint density at radius 2 is 1.91 bits per heavy atom. The maximum atomic E-state index is 12.3. The lowest BCUT2D eigenvalue weighted by Crippen LogP contribution is -2.49. The van der Waals surface area contributed by atoms with Crippen molar-refractivity contribution in [3.05, 3.63) is 67.5 Å². The summed E-state index contributed by atoms with van der Waals surface area (Å²) in [4.78, 5) is 29.9. The molecule has 0 aromatic carbocycles. The van der Waals surface area contributed by atoms with Crippen LogP contribution in [0, 0.1) is 0 Å². The van der Waals surface area contributed by atoms with Crippen molar-refractivity contribution < 1.29 is 9.53 Å². The largest absolute Gasteiger partial charge is 0.416 e. The zero-order valence-electron chi connectivity index (χ0n) is 19.7. The highest BCUT2D eigenvalue weighted by atomic mass is 16.6. The first-order valence-corrected chi connectivity index (χ1v) is 11.3. The van der Waals surface area contributed by atoms with E-state index in [1.807, 2.05) is 49.8 Å². The second kappa shape index (κ2) is 9.41. The summed E-state index contributed by atoms with van der Waals surface area (Å²) in [7, 11) is 1.87. The number of anilines is 3. The molecule has 1 fully saturated rings. The normalized spacial score (nSPS) is 13.7. The van der Waals surface area contributed by atoms with Crippen LogP contribution in [0.5, 0.6) is 0 Å². The third-order valence-corrected chi connectivity index (χ3v) is 5.74. The van der Waals surface area contributed by atoms with Gasteiger partial charge < -0.3 is 19.9 Å². The Bertz CT molecular complexity index is 1390. The van der Waals surface area contributed by atoms with Crippen LogP contribution in [0.2, 0.25) is 0 Å². The van der Waals surface area contributed by atoms with Gasteiger partial charge >= 0.3 is 6.09 Å². The topological polar surface area (TPSA) is 101 Å². The van der Waals surface area contributed by atoms with Gasteiger partial charge in [-0.3, -0.25) is 9.67 Å². The number of carbonyl (C=O) groups is 1. The van der Waals surface area contributed by atoms with E-state index in [2.05, 4.69) is 31.9 Å². The summed E-state index contributed by atoms with van der Waals surface area (Å²) in [5.41, 5.74) is 1.74. The summed E-state index contributed by atoms with van der Waals surface area (Å²) in [6.45, 7) is 7.67. The Kier molecular flexibility index (Phi) is 6.01. The van der Waals surface area contributed by atoms with Crippen molar-refractivity contribution in [1.82, 2.24) is 29.6 Å². The van der Waals surface area contributed by atoms with E-state index >= 15 is 0 Å². The number of piperazine rings is 1. The summed E-state index contributed by atoms with van der Waals surface area (Å²) in [5, 5.41) is 9.59. The number of aryl methyl sites for hydroxylation is 1. The first-order chi connectivity index (χ1) is 17.0.